The molecule has 0 spiro atoms. The molecule has 2 aromatic rings. The van der Waals surface area contributed by atoms with Crippen molar-refractivity contribution in [1.82, 2.24) is 10.3 Å². The van der Waals surface area contributed by atoms with E-state index < -0.39 is 0 Å². The monoisotopic (exact) mass is 307 g/mol. The number of thiophene rings is 1. The lowest BCUT2D eigenvalue weighted by Crippen LogP contribution is -2.40. The van der Waals surface area contributed by atoms with Crippen molar-refractivity contribution in [3.63, 3.8) is 0 Å². The van der Waals surface area contributed by atoms with E-state index >= 15 is 0 Å². The van der Waals surface area contributed by atoms with Crippen LogP contribution in [0.1, 0.15) is 27.4 Å². The van der Waals surface area contributed by atoms with E-state index in [0.29, 0.717) is 12.6 Å². The summed E-state index contributed by atoms with van der Waals surface area (Å²) in [6.45, 7) is 3.74. The van der Waals surface area contributed by atoms with Crippen LogP contribution in [0.15, 0.2) is 23.7 Å². The molecule has 3 rings (SSSR count). The van der Waals surface area contributed by atoms with E-state index in [4.69, 9.17) is 0 Å². The van der Waals surface area contributed by atoms with Gasteiger partial charge >= 0.3 is 0 Å². The Morgan fingerprint density at radius 1 is 1.55 bits per heavy atom. The average molecular weight is 307 g/mol. The van der Waals surface area contributed by atoms with Crippen LogP contribution in [-0.4, -0.2) is 30.0 Å². The molecular formula is C14H17N3OS2. The minimum atomic E-state index is 0.0362. The van der Waals surface area contributed by atoms with Crippen LogP contribution in [0.5, 0.6) is 0 Å². The summed E-state index contributed by atoms with van der Waals surface area (Å²) >= 11 is 3.20. The minimum absolute atomic E-state index is 0.0362. The third-order valence-electron chi connectivity index (χ3n) is 3.50. The van der Waals surface area contributed by atoms with Gasteiger partial charge in [-0.15, -0.1) is 22.7 Å². The number of anilines is 1. The molecule has 106 valence electrons. The Kier molecular flexibility index (Phi) is 4.03. The first-order valence-corrected chi connectivity index (χ1v) is 8.44. The van der Waals surface area contributed by atoms with E-state index in [1.165, 1.54) is 4.88 Å². The lowest BCUT2D eigenvalue weighted by molar-refractivity contribution is 0.0955. The van der Waals surface area contributed by atoms with Crippen LogP contribution in [-0.2, 0) is 0 Å². The maximum atomic E-state index is 12.1. The van der Waals surface area contributed by atoms with Gasteiger partial charge in [0.2, 0.25) is 0 Å². The normalized spacial score (nSPS) is 18.4. The van der Waals surface area contributed by atoms with Crippen molar-refractivity contribution in [3.8, 4) is 0 Å². The molecule has 1 N–H and O–H groups in total. The van der Waals surface area contributed by atoms with Crippen LogP contribution in [0.25, 0.3) is 0 Å². The smallest absolute Gasteiger partial charge is 0.261 e. The largest absolute Gasteiger partial charge is 0.349 e. The molecule has 1 unspecified atom stereocenters. The Morgan fingerprint density at radius 3 is 3.15 bits per heavy atom. The Bertz CT molecular complexity index is 579. The van der Waals surface area contributed by atoms with Gasteiger partial charge in [-0.05, 0) is 31.9 Å². The summed E-state index contributed by atoms with van der Waals surface area (Å²) in [7, 11) is 0. The van der Waals surface area contributed by atoms with Gasteiger partial charge in [0.1, 0.15) is 0 Å². The van der Waals surface area contributed by atoms with Gasteiger partial charge in [0, 0.05) is 35.6 Å². The van der Waals surface area contributed by atoms with Gasteiger partial charge in [0.15, 0.2) is 5.13 Å². The van der Waals surface area contributed by atoms with E-state index in [1.54, 1.807) is 22.7 Å². The zero-order chi connectivity index (χ0) is 13.9. The number of carbonyl (C=O) groups is 1. The Balaban J connectivity index is 1.59. The van der Waals surface area contributed by atoms with Gasteiger partial charge in [0.25, 0.3) is 5.91 Å². The fraction of sp³-hybridized carbons (Fsp3) is 0.429. The highest BCUT2D eigenvalue weighted by Crippen LogP contribution is 2.26. The molecule has 0 aromatic carbocycles. The lowest BCUT2D eigenvalue weighted by atomic mass is 10.2. The van der Waals surface area contributed by atoms with Crippen LogP contribution in [0.3, 0.4) is 0 Å². The van der Waals surface area contributed by atoms with Crippen molar-refractivity contribution in [2.75, 3.05) is 18.0 Å². The summed E-state index contributed by atoms with van der Waals surface area (Å²) in [5, 5.41) is 6.11. The van der Waals surface area contributed by atoms with Gasteiger partial charge in [0.05, 0.1) is 4.88 Å². The van der Waals surface area contributed by atoms with Crippen molar-refractivity contribution in [2.24, 2.45) is 0 Å². The van der Waals surface area contributed by atoms with Gasteiger partial charge in [-0.2, -0.15) is 0 Å². The highest BCUT2D eigenvalue weighted by Gasteiger charge is 2.26. The predicted octanol–water partition coefficient (Wildman–Crippen LogP) is 2.91. The zero-order valence-electron chi connectivity index (χ0n) is 11.3. The first-order chi connectivity index (χ1) is 9.74. The van der Waals surface area contributed by atoms with Gasteiger partial charge in [-0.1, -0.05) is 0 Å². The van der Waals surface area contributed by atoms with Gasteiger partial charge < -0.3 is 10.2 Å². The molecule has 3 heterocycles. The van der Waals surface area contributed by atoms with Crippen molar-refractivity contribution in [3.05, 3.63) is 33.5 Å². The topological polar surface area (TPSA) is 45.2 Å². The molecule has 2 aromatic heterocycles. The maximum Gasteiger partial charge on any atom is 0.261 e. The summed E-state index contributed by atoms with van der Waals surface area (Å²) in [5.74, 6) is 0.0362. The Morgan fingerprint density at radius 2 is 2.45 bits per heavy atom. The highest BCUT2D eigenvalue weighted by molar-refractivity contribution is 7.14. The minimum Gasteiger partial charge on any atom is -0.349 e. The molecule has 6 heteroatoms. The molecule has 20 heavy (non-hydrogen) atoms. The first kappa shape index (κ1) is 13.6. The summed E-state index contributed by atoms with van der Waals surface area (Å²) < 4.78 is 0. The van der Waals surface area contributed by atoms with Crippen LogP contribution in [0.2, 0.25) is 0 Å². The standard InChI is InChI=1S/C14H17N3OS2/c1-10-4-5-12(20-10)13(18)16-9-11-3-2-7-17(11)14-15-6-8-19-14/h4-6,8,11H,2-3,7,9H2,1H3,(H,16,18). The number of nitrogens with zero attached hydrogens (tertiary/aromatic N) is 2. The number of rotatable bonds is 4. The molecule has 1 saturated heterocycles. The van der Waals surface area contributed by atoms with Crippen LogP contribution in [0.4, 0.5) is 5.13 Å². The Hall–Kier alpha value is -1.40. The second kappa shape index (κ2) is 5.93. The molecule has 1 atom stereocenters. The zero-order valence-corrected chi connectivity index (χ0v) is 13.0. The number of thiazole rings is 1. The molecule has 1 fully saturated rings. The van der Waals surface area contributed by atoms with Gasteiger partial charge in [-0.3, -0.25) is 4.79 Å². The van der Waals surface area contributed by atoms with Crippen LogP contribution < -0.4 is 10.2 Å². The van der Waals surface area contributed by atoms with Crippen molar-refractivity contribution in [1.29, 1.82) is 0 Å². The van der Waals surface area contributed by atoms with E-state index in [-0.39, 0.29) is 5.91 Å². The van der Waals surface area contributed by atoms with E-state index in [1.807, 2.05) is 30.6 Å². The van der Waals surface area contributed by atoms with E-state index in [0.717, 1.165) is 29.4 Å². The quantitative estimate of drug-likeness (QED) is 0.944. The lowest BCUT2D eigenvalue weighted by Gasteiger charge is -2.24. The second-order valence-corrected chi connectivity index (χ2v) is 7.09. The third-order valence-corrected chi connectivity index (χ3v) is 5.31. The van der Waals surface area contributed by atoms with Crippen LogP contribution >= 0.6 is 22.7 Å². The molecule has 0 bridgehead atoms. The molecule has 1 aliphatic heterocycles. The summed E-state index contributed by atoms with van der Waals surface area (Å²) in [6, 6.07) is 4.24. The summed E-state index contributed by atoms with van der Waals surface area (Å²) in [6.07, 6.45) is 4.12. The molecule has 4 nitrogen and oxygen atoms in total. The molecule has 0 aliphatic carbocycles. The molecule has 1 aliphatic rings. The van der Waals surface area contributed by atoms with E-state index in [2.05, 4.69) is 15.2 Å². The van der Waals surface area contributed by atoms with Gasteiger partial charge in [-0.25, -0.2) is 4.98 Å². The third kappa shape index (κ3) is 2.86. The highest BCUT2D eigenvalue weighted by atomic mass is 32.1. The predicted molar refractivity (Wildman–Crippen MR) is 83.9 cm³/mol. The maximum absolute atomic E-state index is 12.1. The molecular weight excluding hydrogens is 290 g/mol. The summed E-state index contributed by atoms with van der Waals surface area (Å²) in [4.78, 5) is 20.7. The van der Waals surface area contributed by atoms with Crippen LogP contribution in [0, 0.1) is 6.92 Å². The number of nitrogens with one attached hydrogen (secondary N) is 1. The average Bonchev–Trinajstić information content (AvgIpc) is 3.16. The van der Waals surface area contributed by atoms with Crippen molar-refractivity contribution >= 4 is 33.7 Å². The summed E-state index contributed by atoms with van der Waals surface area (Å²) in [5.41, 5.74) is 0. The number of carbonyl (C=O) groups excluding carboxylic acids is 1. The number of hydrogen-bond acceptors (Lipinski definition) is 5. The van der Waals surface area contributed by atoms with Crippen molar-refractivity contribution in [2.45, 2.75) is 25.8 Å². The SMILES string of the molecule is Cc1ccc(C(=O)NCC2CCCN2c2nccs2)s1. The number of amides is 1. The van der Waals surface area contributed by atoms with Crippen molar-refractivity contribution < 1.29 is 4.79 Å². The molecule has 1 amide bonds. The Labute approximate surface area is 126 Å². The second-order valence-electron chi connectivity index (χ2n) is 4.92. The fourth-order valence-corrected chi connectivity index (χ4v) is 4.04. The number of hydrogen-bond donors (Lipinski definition) is 1. The van der Waals surface area contributed by atoms with E-state index in [9.17, 15) is 4.79 Å². The number of aryl methyl sites for hydroxylation is 1. The molecule has 0 saturated carbocycles. The number of aromatic nitrogens is 1. The molecule has 0 radical (unpaired) electrons. The first-order valence-electron chi connectivity index (χ1n) is 6.75. The fourth-order valence-electron chi connectivity index (χ4n) is 2.51.